The molecule has 1 aliphatic carbocycles. The van der Waals surface area contributed by atoms with Crippen LogP contribution in [0.15, 0.2) is 279 Å². The number of benzene rings is 17. The van der Waals surface area contributed by atoms with Gasteiger partial charge in [0.2, 0.25) is 0 Å². The molecule has 0 N–H and O–H groups in total. The van der Waals surface area contributed by atoms with Crippen molar-refractivity contribution >= 4 is 118 Å². The first kappa shape index (κ1) is 44.6. The molecule has 0 nitrogen and oxygen atoms in total. The lowest BCUT2D eigenvalue weighted by atomic mass is 9.79. The van der Waals surface area contributed by atoms with Gasteiger partial charge in [0.25, 0.3) is 0 Å². The van der Waals surface area contributed by atoms with Crippen molar-refractivity contribution < 1.29 is 0 Å². The number of hydrogen-bond donors (Lipinski definition) is 0. The Morgan fingerprint density at radius 3 is 1.17 bits per heavy atom. The molecule has 0 aromatic heterocycles. The van der Waals surface area contributed by atoms with E-state index in [1.807, 2.05) is 0 Å². The summed E-state index contributed by atoms with van der Waals surface area (Å²) in [6, 6.07) is 107. The van der Waals surface area contributed by atoms with Crippen LogP contribution < -0.4 is 0 Å². The third-order valence-electron chi connectivity index (χ3n) is 18.2. The Morgan fingerprint density at radius 1 is 0.160 bits per heavy atom. The fourth-order valence-electron chi connectivity index (χ4n) is 14.5. The number of hydrogen-bond acceptors (Lipinski definition) is 0. The molecule has 0 spiro atoms. The molecule has 0 heterocycles. The van der Waals surface area contributed by atoms with E-state index in [-0.39, 0.29) is 0 Å². The molecule has 81 heavy (non-hydrogen) atoms. The molecule has 0 amide bonds. The van der Waals surface area contributed by atoms with Gasteiger partial charge in [-0.1, -0.05) is 194 Å². The molecule has 0 heteroatoms. The van der Waals surface area contributed by atoms with Gasteiger partial charge in [-0.2, -0.15) is 0 Å². The lowest BCUT2D eigenvalue weighted by Crippen LogP contribution is -1.97. The predicted molar refractivity (Wildman–Crippen MR) is 349 cm³/mol. The maximum atomic E-state index is 2.55. The van der Waals surface area contributed by atoms with Crippen LogP contribution in [0.3, 0.4) is 0 Å². The molecular formula is C81H48. The average Bonchev–Trinajstić information content (AvgIpc) is 4.01. The first-order valence-corrected chi connectivity index (χ1v) is 28.4. The van der Waals surface area contributed by atoms with Crippen LogP contribution in [0.1, 0.15) is 11.1 Å². The zero-order chi connectivity index (χ0) is 52.9. The molecule has 17 aromatic rings. The highest BCUT2D eigenvalue weighted by Gasteiger charge is 2.26. The van der Waals surface area contributed by atoms with Crippen LogP contribution in [-0.4, -0.2) is 0 Å². The maximum absolute atomic E-state index is 2.55. The van der Waals surface area contributed by atoms with E-state index >= 15 is 0 Å². The number of rotatable bonds is 4. The van der Waals surface area contributed by atoms with Gasteiger partial charge in [-0.15, -0.1) is 0 Å². The van der Waals surface area contributed by atoms with Gasteiger partial charge in [0.15, 0.2) is 0 Å². The lowest BCUT2D eigenvalue weighted by molar-refractivity contribution is 1.27. The van der Waals surface area contributed by atoms with Gasteiger partial charge < -0.3 is 0 Å². The highest BCUT2D eigenvalue weighted by Crippen LogP contribution is 2.53. The van der Waals surface area contributed by atoms with Gasteiger partial charge in [-0.3, -0.25) is 0 Å². The van der Waals surface area contributed by atoms with E-state index in [9.17, 15) is 0 Å². The summed E-state index contributed by atoms with van der Waals surface area (Å²) in [5.74, 6) is 0. The summed E-state index contributed by atoms with van der Waals surface area (Å²) in [4.78, 5) is 0. The summed E-state index contributed by atoms with van der Waals surface area (Å²) in [6.07, 6.45) is 0.916. The van der Waals surface area contributed by atoms with E-state index in [2.05, 4.69) is 279 Å². The van der Waals surface area contributed by atoms with Crippen molar-refractivity contribution in [2.75, 3.05) is 0 Å². The topological polar surface area (TPSA) is 0 Å². The van der Waals surface area contributed by atoms with Crippen LogP contribution in [0, 0.1) is 0 Å². The van der Waals surface area contributed by atoms with Crippen molar-refractivity contribution in [3.05, 3.63) is 290 Å². The fraction of sp³-hybridized carbons (Fsp3) is 0.0123. The maximum Gasteiger partial charge on any atom is -0.000728 e. The van der Waals surface area contributed by atoms with Gasteiger partial charge in [0.1, 0.15) is 0 Å². The molecule has 0 bridgehead atoms. The van der Waals surface area contributed by atoms with Crippen molar-refractivity contribution in [3.8, 4) is 55.6 Å². The van der Waals surface area contributed by atoms with E-state index in [0.717, 1.165) is 6.42 Å². The second kappa shape index (κ2) is 17.1. The van der Waals surface area contributed by atoms with Crippen LogP contribution in [0.2, 0.25) is 0 Å². The summed E-state index contributed by atoms with van der Waals surface area (Å²) in [5, 5.41) is 27.3. The Morgan fingerprint density at radius 2 is 0.531 bits per heavy atom. The average molecular weight is 1020 g/mol. The standard InChI is InChI=1S/C81H48/c1-2-18-51-36-59-40-62-45-75-63(41-60(62)39-58(59)35-50(51)17-1)46-79(70-30-14-28-68-66-25-9-10-26-67(66)77(47-78(68)70)69-29-13-27-65-64-24-8-7-21-56(64)43-76(65)69)81(72-32-11-22-54-33-48-15-5-6-20-53(48)42-73(54)72)80(75)71-31-12-23-55-38-57-34-49-16-3-4-19-52(49)37-61(57)44-74(55)71/h1-42,44-47H,43H2. The minimum atomic E-state index is 0.916. The monoisotopic (exact) mass is 1020 g/mol. The summed E-state index contributed by atoms with van der Waals surface area (Å²) in [5.41, 5.74) is 15.4. The van der Waals surface area contributed by atoms with Crippen molar-refractivity contribution in [2.24, 2.45) is 0 Å². The van der Waals surface area contributed by atoms with Crippen LogP contribution >= 0.6 is 0 Å². The Kier molecular flexibility index (Phi) is 9.38. The molecule has 0 fully saturated rings. The Hall–Kier alpha value is -10.4. The molecule has 0 saturated heterocycles. The lowest BCUT2D eigenvalue weighted by Gasteiger charge is -2.24. The highest BCUT2D eigenvalue weighted by molar-refractivity contribution is 6.25. The molecule has 0 saturated carbocycles. The van der Waals surface area contributed by atoms with Gasteiger partial charge in [0.05, 0.1) is 0 Å². The van der Waals surface area contributed by atoms with E-state index in [1.54, 1.807) is 0 Å². The first-order chi connectivity index (χ1) is 40.1. The second-order valence-corrected chi connectivity index (χ2v) is 22.7. The van der Waals surface area contributed by atoms with Gasteiger partial charge in [-0.25, -0.2) is 0 Å². The molecule has 1 aliphatic rings. The van der Waals surface area contributed by atoms with Gasteiger partial charge in [0, 0.05) is 0 Å². The zero-order valence-electron chi connectivity index (χ0n) is 44.3. The summed E-state index contributed by atoms with van der Waals surface area (Å²) >= 11 is 0. The van der Waals surface area contributed by atoms with Gasteiger partial charge in [-0.05, 0) is 277 Å². The Bertz CT molecular complexity index is 5620. The largest absolute Gasteiger partial charge is 0.0619 e. The summed E-state index contributed by atoms with van der Waals surface area (Å²) in [7, 11) is 0. The SMILES string of the molecule is c1ccc2c(c1)Cc1c-2cccc1-c1cc2c(-c3cc4cc5cc6cc7ccccc7cc6cc5cc4c(-c4cccc5cc6cc7ccccc7cc6cc45)c3-c3cccc4cc5ccccc5cc34)cccc2c2ccccc12. The Labute approximate surface area is 468 Å². The van der Waals surface area contributed by atoms with Gasteiger partial charge >= 0.3 is 0 Å². The van der Waals surface area contributed by atoms with E-state index in [4.69, 9.17) is 0 Å². The molecule has 18 rings (SSSR count). The molecule has 0 unspecified atom stereocenters. The molecule has 17 aromatic carbocycles. The molecule has 372 valence electrons. The van der Waals surface area contributed by atoms with Crippen LogP contribution in [0.4, 0.5) is 0 Å². The predicted octanol–water partition coefficient (Wildman–Crippen LogP) is 22.6. The zero-order valence-corrected chi connectivity index (χ0v) is 44.3. The van der Waals surface area contributed by atoms with Crippen molar-refractivity contribution in [2.45, 2.75) is 6.42 Å². The number of fused-ring (bicyclic) bond motifs is 15. The quantitative estimate of drug-likeness (QED) is 0.122. The molecule has 0 atom stereocenters. The molecular weight excluding hydrogens is 973 g/mol. The third-order valence-corrected chi connectivity index (χ3v) is 18.2. The molecule has 0 radical (unpaired) electrons. The Balaban J connectivity index is 1.02. The van der Waals surface area contributed by atoms with E-state index < -0.39 is 0 Å². The van der Waals surface area contributed by atoms with E-state index in [0.29, 0.717) is 0 Å². The minimum Gasteiger partial charge on any atom is -0.0619 e. The van der Waals surface area contributed by atoms with Crippen LogP contribution in [-0.2, 0) is 6.42 Å². The first-order valence-electron chi connectivity index (χ1n) is 28.4. The smallest absolute Gasteiger partial charge is 0.000728 e. The highest BCUT2D eigenvalue weighted by atomic mass is 14.3. The summed E-state index contributed by atoms with van der Waals surface area (Å²) < 4.78 is 0. The second-order valence-electron chi connectivity index (χ2n) is 22.7. The van der Waals surface area contributed by atoms with Crippen LogP contribution in [0.25, 0.3) is 174 Å². The normalized spacial score (nSPS) is 12.4. The minimum absolute atomic E-state index is 0.916. The summed E-state index contributed by atoms with van der Waals surface area (Å²) in [6.45, 7) is 0. The fourth-order valence-corrected chi connectivity index (χ4v) is 14.5. The van der Waals surface area contributed by atoms with Crippen molar-refractivity contribution in [1.82, 2.24) is 0 Å². The third kappa shape index (κ3) is 6.78. The molecule has 0 aliphatic heterocycles. The van der Waals surface area contributed by atoms with Crippen molar-refractivity contribution in [1.29, 1.82) is 0 Å². The van der Waals surface area contributed by atoms with Crippen molar-refractivity contribution in [3.63, 3.8) is 0 Å². The van der Waals surface area contributed by atoms with Crippen LogP contribution in [0.5, 0.6) is 0 Å². The van der Waals surface area contributed by atoms with E-state index in [1.165, 1.54) is 185 Å².